The van der Waals surface area contributed by atoms with Gasteiger partial charge in [0, 0.05) is 13.1 Å². The molecule has 0 saturated carbocycles. The summed E-state index contributed by atoms with van der Waals surface area (Å²) in [4.78, 5) is 52.9. The molecule has 2 aliphatic heterocycles. The first-order valence-corrected chi connectivity index (χ1v) is 12.4. The van der Waals surface area contributed by atoms with Crippen molar-refractivity contribution in [1.29, 1.82) is 0 Å². The Labute approximate surface area is 201 Å². The Morgan fingerprint density at radius 3 is 2.59 bits per heavy atom. The summed E-state index contributed by atoms with van der Waals surface area (Å²) in [6.07, 6.45) is 6.38. The number of urea groups is 1. The fourth-order valence-corrected chi connectivity index (χ4v) is 4.72. The van der Waals surface area contributed by atoms with E-state index in [9.17, 15) is 19.2 Å². The molecule has 1 aromatic rings. The summed E-state index contributed by atoms with van der Waals surface area (Å²) >= 11 is 0. The third kappa shape index (κ3) is 5.94. The lowest BCUT2D eigenvalue weighted by atomic mass is 9.87. The monoisotopic (exact) mass is 471 g/mol. The highest BCUT2D eigenvalue weighted by Crippen LogP contribution is 2.31. The van der Waals surface area contributed by atoms with E-state index in [0.717, 1.165) is 37.1 Å². The van der Waals surface area contributed by atoms with E-state index < -0.39 is 23.4 Å². The van der Waals surface area contributed by atoms with Crippen molar-refractivity contribution in [3.63, 3.8) is 0 Å². The Bertz CT molecular complexity index is 877. The van der Waals surface area contributed by atoms with Crippen molar-refractivity contribution < 1.29 is 19.2 Å². The van der Waals surface area contributed by atoms with Gasteiger partial charge in [-0.3, -0.25) is 24.7 Å². The molecule has 3 rings (SSSR count). The van der Waals surface area contributed by atoms with Gasteiger partial charge >= 0.3 is 6.03 Å². The first-order valence-electron chi connectivity index (χ1n) is 12.4. The molecule has 2 saturated heterocycles. The van der Waals surface area contributed by atoms with Crippen LogP contribution in [0.1, 0.15) is 64.4 Å². The van der Waals surface area contributed by atoms with E-state index in [1.54, 1.807) is 12.1 Å². The van der Waals surface area contributed by atoms with Crippen molar-refractivity contribution in [2.75, 3.05) is 26.2 Å². The number of likely N-dealkylation sites (tertiary alicyclic amines) is 1. The summed E-state index contributed by atoms with van der Waals surface area (Å²) in [6, 6.07) is 8.38. The van der Waals surface area contributed by atoms with Crippen LogP contribution < -0.4 is 16.1 Å². The van der Waals surface area contributed by atoms with Gasteiger partial charge in [0.25, 0.3) is 11.8 Å². The standard InChI is InChI=1S/C25H37N5O4/c1-3-5-6-10-15-26-22(32)19-12-11-16-29(17-19)18-21(31)28-30-23(33)25(4-2,27-24(30)34)20-13-8-7-9-14-20/h7-9,13-14,19H,3-6,10-12,15-18H2,1-2H3,(H,26,32)(H,27,34)(H,28,31). The van der Waals surface area contributed by atoms with Gasteiger partial charge in [0.2, 0.25) is 5.91 Å². The summed E-state index contributed by atoms with van der Waals surface area (Å²) in [5.41, 5.74) is 1.95. The van der Waals surface area contributed by atoms with Crippen molar-refractivity contribution >= 4 is 23.8 Å². The van der Waals surface area contributed by atoms with E-state index >= 15 is 0 Å². The topological polar surface area (TPSA) is 111 Å². The zero-order chi connectivity index (χ0) is 24.6. The van der Waals surface area contributed by atoms with E-state index in [1.165, 1.54) is 6.42 Å². The molecule has 0 aromatic heterocycles. The van der Waals surface area contributed by atoms with Gasteiger partial charge in [-0.1, -0.05) is 63.4 Å². The second kappa shape index (κ2) is 12.0. The van der Waals surface area contributed by atoms with Gasteiger partial charge in [0.15, 0.2) is 0 Å². The molecule has 0 aliphatic carbocycles. The number of carbonyl (C=O) groups is 4. The average molecular weight is 472 g/mol. The maximum absolute atomic E-state index is 13.2. The largest absolute Gasteiger partial charge is 0.356 e. The molecular formula is C25H37N5O4. The molecule has 0 spiro atoms. The fraction of sp³-hybridized carbons (Fsp3) is 0.600. The molecule has 0 bridgehead atoms. The molecule has 5 amide bonds. The molecule has 2 unspecified atom stereocenters. The number of carbonyl (C=O) groups excluding carboxylic acids is 4. The average Bonchev–Trinajstić information content (AvgIpc) is 3.09. The van der Waals surface area contributed by atoms with Crippen LogP contribution in [0.2, 0.25) is 0 Å². The maximum Gasteiger partial charge on any atom is 0.344 e. The van der Waals surface area contributed by atoms with E-state index in [-0.39, 0.29) is 18.4 Å². The first kappa shape index (κ1) is 25.7. The highest BCUT2D eigenvalue weighted by Gasteiger charge is 2.52. The Balaban J connectivity index is 1.52. The predicted molar refractivity (Wildman–Crippen MR) is 128 cm³/mol. The van der Waals surface area contributed by atoms with Gasteiger partial charge in [-0.15, -0.1) is 0 Å². The van der Waals surface area contributed by atoms with Crippen molar-refractivity contribution in [2.45, 2.75) is 64.3 Å². The normalized spacial score (nSPS) is 23.0. The lowest BCUT2D eigenvalue weighted by molar-refractivity contribution is -0.140. The highest BCUT2D eigenvalue weighted by atomic mass is 16.2. The second-order valence-corrected chi connectivity index (χ2v) is 9.16. The number of rotatable bonds is 11. The maximum atomic E-state index is 13.2. The van der Waals surface area contributed by atoms with Crippen LogP contribution in [0.4, 0.5) is 4.79 Å². The molecule has 0 radical (unpaired) electrons. The molecule has 3 N–H and O–H groups in total. The summed E-state index contributed by atoms with van der Waals surface area (Å²) in [6.45, 7) is 5.85. The molecule has 1 aromatic carbocycles. The van der Waals surface area contributed by atoms with E-state index in [4.69, 9.17) is 0 Å². The minimum Gasteiger partial charge on any atom is -0.356 e. The van der Waals surface area contributed by atoms with Gasteiger partial charge in [0.1, 0.15) is 5.54 Å². The van der Waals surface area contributed by atoms with Gasteiger partial charge in [-0.05, 0) is 37.8 Å². The quantitative estimate of drug-likeness (QED) is 0.339. The number of unbranched alkanes of at least 4 members (excludes halogenated alkanes) is 3. The Morgan fingerprint density at radius 2 is 1.88 bits per heavy atom. The SMILES string of the molecule is CCCCCCNC(=O)C1CCCN(CC(=O)NN2C(=O)NC(CC)(c3ccccc3)C2=O)C1. The number of hydrogen-bond donors (Lipinski definition) is 3. The Hall–Kier alpha value is -2.94. The number of amides is 5. The molecular weight excluding hydrogens is 434 g/mol. The zero-order valence-electron chi connectivity index (χ0n) is 20.3. The van der Waals surface area contributed by atoms with Gasteiger partial charge < -0.3 is 10.6 Å². The van der Waals surface area contributed by atoms with Crippen LogP contribution in [0.5, 0.6) is 0 Å². The fourth-order valence-electron chi connectivity index (χ4n) is 4.72. The number of imide groups is 1. The van der Waals surface area contributed by atoms with Crippen LogP contribution in [0, 0.1) is 5.92 Å². The van der Waals surface area contributed by atoms with E-state index in [1.807, 2.05) is 30.0 Å². The van der Waals surface area contributed by atoms with Gasteiger partial charge in [-0.2, -0.15) is 5.01 Å². The minimum atomic E-state index is -1.20. The molecule has 186 valence electrons. The molecule has 9 nitrogen and oxygen atoms in total. The zero-order valence-corrected chi connectivity index (χ0v) is 20.3. The van der Waals surface area contributed by atoms with Crippen LogP contribution in [-0.2, 0) is 19.9 Å². The Kier molecular flexibility index (Phi) is 9.04. The molecule has 2 heterocycles. The molecule has 34 heavy (non-hydrogen) atoms. The van der Waals surface area contributed by atoms with Crippen LogP contribution in [0.25, 0.3) is 0 Å². The van der Waals surface area contributed by atoms with E-state index in [2.05, 4.69) is 23.0 Å². The van der Waals surface area contributed by atoms with Crippen LogP contribution >= 0.6 is 0 Å². The third-order valence-corrected chi connectivity index (χ3v) is 6.70. The Morgan fingerprint density at radius 1 is 1.12 bits per heavy atom. The second-order valence-electron chi connectivity index (χ2n) is 9.16. The van der Waals surface area contributed by atoms with Crippen molar-refractivity contribution in [1.82, 2.24) is 26.0 Å². The van der Waals surface area contributed by atoms with Crippen molar-refractivity contribution in [3.05, 3.63) is 35.9 Å². The third-order valence-electron chi connectivity index (χ3n) is 6.70. The molecule has 9 heteroatoms. The van der Waals surface area contributed by atoms with Gasteiger partial charge in [0.05, 0.1) is 12.5 Å². The lowest BCUT2D eigenvalue weighted by Crippen LogP contribution is -2.52. The summed E-state index contributed by atoms with van der Waals surface area (Å²) in [7, 11) is 0. The van der Waals surface area contributed by atoms with Crippen LogP contribution in [0.15, 0.2) is 30.3 Å². The molecule has 2 fully saturated rings. The van der Waals surface area contributed by atoms with Crippen LogP contribution in [-0.4, -0.2) is 59.8 Å². The van der Waals surface area contributed by atoms with Crippen molar-refractivity contribution in [2.24, 2.45) is 5.92 Å². The van der Waals surface area contributed by atoms with E-state index in [0.29, 0.717) is 31.6 Å². The number of piperidine rings is 1. The first-order chi connectivity index (χ1) is 16.4. The number of nitrogens with zero attached hydrogens (tertiary/aromatic N) is 2. The molecule has 2 atom stereocenters. The number of hydrogen-bond acceptors (Lipinski definition) is 5. The smallest absolute Gasteiger partial charge is 0.344 e. The van der Waals surface area contributed by atoms with Crippen molar-refractivity contribution in [3.8, 4) is 0 Å². The summed E-state index contributed by atoms with van der Waals surface area (Å²) in [5, 5.41) is 6.55. The predicted octanol–water partition coefficient (Wildman–Crippen LogP) is 2.28. The number of nitrogens with one attached hydrogen (secondary N) is 3. The summed E-state index contributed by atoms with van der Waals surface area (Å²) < 4.78 is 0. The molecule has 2 aliphatic rings. The van der Waals surface area contributed by atoms with Gasteiger partial charge in [-0.25, -0.2) is 4.79 Å². The van der Waals surface area contributed by atoms with Crippen LogP contribution in [0.3, 0.4) is 0 Å². The summed E-state index contributed by atoms with van der Waals surface area (Å²) in [5.74, 6) is -1.08. The lowest BCUT2D eigenvalue weighted by Gasteiger charge is -2.31. The minimum absolute atomic E-state index is 0.0157. The highest BCUT2D eigenvalue weighted by molar-refractivity contribution is 6.08. The number of hydrazine groups is 1. The number of benzene rings is 1.